The Kier molecular flexibility index (Phi) is 6.33. The fourth-order valence-corrected chi connectivity index (χ4v) is 4.29. The van der Waals surface area contributed by atoms with Crippen molar-refractivity contribution in [3.63, 3.8) is 0 Å². The van der Waals surface area contributed by atoms with E-state index in [9.17, 15) is 18.0 Å². The average molecular weight is 446 g/mol. The first kappa shape index (κ1) is 21.5. The smallest absolute Gasteiger partial charge is 0.340 e. The molecule has 0 aliphatic carbocycles. The zero-order valence-corrected chi connectivity index (χ0v) is 17.5. The highest BCUT2D eigenvalue weighted by Gasteiger charge is 2.30. The predicted molar refractivity (Wildman–Crippen MR) is 112 cm³/mol. The lowest BCUT2D eigenvalue weighted by atomic mass is 10.1. The number of carbonyl (C=O) groups is 1. The Balaban J connectivity index is 1.30. The highest BCUT2D eigenvalue weighted by Crippen LogP contribution is 2.31. The average Bonchev–Trinajstić information content (AvgIpc) is 3.23. The molecule has 1 aliphatic rings. The molecule has 0 N–H and O–H groups in total. The molecule has 0 unspecified atom stereocenters. The fraction of sp³-hybridized carbons (Fsp3) is 0.318. The molecule has 5 nitrogen and oxygen atoms in total. The van der Waals surface area contributed by atoms with Crippen LogP contribution in [0.4, 0.5) is 13.2 Å². The molecule has 2 aromatic heterocycles. The highest BCUT2D eigenvalue weighted by molar-refractivity contribution is 7.13. The molecule has 1 aromatic carbocycles. The van der Waals surface area contributed by atoms with Gasteiger partial charge in [-0.2, -0.15) is 13.2 Å². The lowest BCUT2D eigenvalue weighted by Crippen LogP contribution is -2.48. The molecular weight excluding hydrogens is 425 g/mol. The van der Waals surface area contributed by atoms with Gasteiger partial charge in [-0.3, -0.25) is 14.7 Å². The van der Waals surface area contributed by atoms with Crippen molar-refractivity contribution in [2.24, 2.45) is 0 Å². The van der Waals surface area contributed by atoms with E-state index in [1.165, 1.54) is 23.5 Å². The molecule has 0 radical (unpaired) electrons. The van der Waals surface area contributed by atoms with Crippen LogP contribution in [0.1, 0.15) is 17.0 Å². The topological polar surface area (TPSA) is 49.3 Å². The van der Waals surface area contributed by atoms with Gasteiger partial charge in [-0.15, -0.1) is 11.3 Å². The highest BCUT2D eigenvalue weighted by atomic mass is 32.1. The molecule has 0 spiro atoms. The number of hydrogen-bond donors (Lipinski definition) is 0. The van der Waals surface area contributed by atoms with E-state index in [0.717, 1.165) is 37.5 Å². The van der Waals surface area contributed by atoms with Crippen molar-refractivity contribution in [3.8, 4) is 10.6 Å². The summed E-state index contributed by atoms with van der Waals surface area (Å²) in [6.45, 7) is 3.65. The van der Waals surface area contributed by atoms with Crippen LogP contribution in [0.2, 0.25) is 0 Å². The summed E-state index contributed by atoms with van der Waals surface area (Å²) < 4.78 is 38.2. The van der Waals surface area contributed by atoms with E-state index < -0.39 is 11.7 Å². The molecule has 3 aromatic rings. The monoisotopic (exact) mass is 446 g/mol. The summed E-state index contributed by atoms with van der Waals surface area (Å²) >= 11 is 1.33. The summed E-state index contributed by atoms with van der Waals surface area (Å²) in [6, 6.07) is 10.8. The van der Waals surface area contributed by atoms with Crippen molar-refractivity contribution < 1.29 is 18.0 Å². The first-order chi connectivity index (χ1) is 14.9. The largest absolute Gasteiger partial charge is 0.416 e. The third-order valence-corrected chi connectivity index (χ3v) is 6.12. The molecule has 1 amide bonds. The summed E-state index contributed by atoms with van der Waals surface area (Å²) in [5.41, 5.74) is 1.58. The van der Waals surface area contributed by atoms with E-state index in [0.29, 0.717) is 29.4 Å². The first-order valence-electron chi connectivity index (χ1n) is 9.90. The number of halogens is 3. The van der Waals surface area contributed by atoms with Crippen molar-refractivity contribution in [1.29, 1.82) is 0 Å². The van der Waals surface area contributed by atoms with Gasteiger partial charge in [-0.1, -0.05) is 18.2 Å². The van der Waals surface area contributed by atoms with Gasteiger partial charge in [-0.25, -0.2) is 4.98 Å². The molecule has 31 heavy (non-hydrogen) atoms. The van der Waals surface area contributed by atoms with Crippen molar-refractivity contribution in [3.05, 3.63) is 71.0 Å². The lowest BCUT2D eigenvalue weighted by molar-refractivity contribution is -0.137. The van der Waals surface area contributed by atoms with E-state index in [1.807, 2.05) is 23.1 Å². The summed E-state index contributed by atoms with van der Waals surface area (Å²) in [5.74, 6) is 0.0155. The number of hydrogen-bond acceptors (Lipinski definition) is 5. The van der Waals surface area contributed by atoms with E-state index in [1.54, 1.807) is 11.6 Å². The molecule has 1 saturated heterocycles. The minimum absolute atomic E-state index is 0.0155. The Morgan fingerprint density at radius 1 is 1.00 bits per heavy atom. The molecule has 1 aliphatic heterocycles. The third kappa shape index (κ3) is 5.48. The van der Waals surface area contributed by atoms with Crippen LogP contribution >= 0.6 is 11.3 Å². The molecule has 0 atom stereocenters. The number of thiazole rings is 1. The molecule has 3 heterocycles. The zero-order valence-electron chi connectivity index (χ0n) is 16.7. The SMILES string of the molecule is O=C(Cc1csc(-c2ccc(C(F)(F)F)cc2)n1)N1CCN(Cc2ccccn2)CC1. The second-order valence-electron chi connectivity index (χ2n) is 7.37. The summed E-state index contributed by atoms with van der Waals surface area (Å²) in [5, 5.41) is 2.40. The quantitative estimate of drug-likeness (QED) is 0.592. The van der Waals surface area contributed by atoms with E-state index in [4.69, 9.17) is 0 Å². The van der Waals surface area contributed by atoms with Crippen LogP contribution in [-0.2, 0) is 23.9 Å². The minimum Gasteiger partial charge on any atom is -0.340 e. The Bertz CT molecular complexity index is 1010. The minimum atomic E-state index is -4.36. The predicted octanol–water partition coefficient (Wildman–Crippen LogP) is 4.11. The number of nitrogens with zero attached hydrogens (tertiary/aromatic N) is 4. The first-order valence-corrected chi connectivity index (χ1v) is 10.8. The normalized spacial score (nSPS) is 15.3. The second kappa shape index (κ2) is 9.15. The molecule has 1 fully saturated rings. The van der Waals surface area contributed by atoms with Gasteiger partial charge in [0.15, 0.2) is 0 Å². The van der Waals surface area contributed by atoms with Crippen LogP contribution in [-0.4, -0.2) is 51.9 Å². The van der Waals surface area contributed by atoms with Gasteiger partial charge in [0.05, 0.1) is 23.4 Å². The van der Waals surface area contributed by atoms with Crippen molar-refractivity contribution >= 4 is 17.2 Å². The standard InChI is InChI=1S/C22H21F3N4OS/c23-22(24,25)17-6-4-16(5-7-17)21-27-19(15-31-21)13-20(30)29-11-9-28(10-12-29)14-18-3-1-2-8-26-18/h1-8,15H,9-14H2. The molecule has 9 heteroatoms. The summed E-state index contributed by atoms with van der Waals surface area (Å²) in [6.07, 6.45) is -2.39. The molecule has 0 saturated carbocycles. The van der Waals surface area contributed by atoms with Crippen LogP contribution < -0.4 is 0 Å². The fourth-order valence-electron chi connectivity index (χ4n) is 3.47. The number of piperazine rings is 1. The van der Waals surface area contributed by atoms with Crippen LogP contribution in [0.25, 0.3) is 10.6 Å². The van der Waals surface area contributed by atoms with E-state index >= 15 is 0 Å². The molecular formula is C22H21F3N4OS. The number of alkyl halides is 3. The third-order valence-electron chi connectivity index (χ3n) is 5.18. The van der Waals surface area contributed by atoms with Crippen molar-refractivity contribution in [2.45, 2.75) is 19.1 Å². The van der Waals surface area contributed by atoms with Gasteiger partial charge in [0.25, 0.3) is 0 Å². The van der Waals surface area contributed by atoms with Gasteiger partial charge in [0.2, 0.25) is 5.91 Å². The molecule has 162 valence electrons. The summed E-state index contributed by atoms with van der Waals surface area (Å²) in [7, 11) is 0. The second-order valence-corrected chi connectivity index (χ2v) is 8.23. The maximum Gasteiger partial charge on any atom is 0.416 e. The Morgan fingerprint density at radius 3 is 2.39 bits per heavy atom. The van der Waals surface area contributed by atoms with Gasteiger partial charge >= 0.3 is 6.18 Å². The lowest BCUT2D eigenvalue weighted by Gasteiger charge is -2.34. The molecule has 4 rings (SSSR count). The van der Waals surface area contributed by atoms with Gasteiger partial charge in [0.1, 0.15) is 5.01 Å². The number of benzene rings is 1. The van der Waals surface area contributed by atoms with Crippen LogP contribution in [0.15, 0.2) is 54.0 Å². The number of rotatable bonds is 5. The number of carbonyl (C=O) groups excluding carboxylic acids is 1. The number of aromatic nitrogens is 2. The van der Waals surface area contributed by atoms with Crippen LogP contribution in [0.5, 0.6) is 0 Å². The zero-order chi connectivity index (χ0) is 21.8. The van der Waals surface area contributed by atoms with Crippen molar-refractivity contribution in [2.75, 3.05) is 26.2 Å². The number of pyridine rings is 1. The Labute approximate surface area is 182 Å². The van der Waals surface area contributed by atoms with E-state index in [2.05, 4.69) is 14.9 Å². The Hall–Kier alpha value is -2.78. The van der Waals surface area contributed by atoms with Crippen LogP contribution in [0, 0.1) is 0 Å². The molecule has 0 bridgehead atoms. The van der Waals surface area contributed by atoms with E-state index in [-0.39, 0.29) is 12.3 Å². The van der Waals surface area contributed by atoms with Gasteiger partial charge in [0, 0.05) is 49.9 Å². The van der Waals surface area contributed by atoms with Gasteiger partial charge < -0.3 is 4.90 Å². The summed E-state index contributed by atoms with van der Waals surface area (Å²) in [4.78, 5) is 25.6. The van der Waals surface area contributed by atoms with Gasteiger partial charge in [-0.05, 0) is 24.3 Å². The number of amides is 1. The Morgan fingerprint density at radius 2 is 1.74 bits per heavy atom. The maximum atomic E-state index is 12.7. The maximum absolute atomic E-state index is 12.7. The van der Waals surface area contributed by atoms with Crippen LogP contribution in [0.3, 0.4) is 0 Å². The van der Waals surface area contributed by atoms with Crippen molar-refractivity contribution in [1.82, 2.24) is 19.8 Å².